The summed E-state index contributed by atoms with van der Waals surface area (Å²) in [5.74, 6) is -1.03. The van der Waals surface area contributed by atoms with Crippen molar-refractivity contribution in [1.82, 2.24) is 0 Å². The molecule has 2 amide bonds. The van der Waals surface area contributed by atoms with Crippen LogP contribution in [0.15, 0.2) is 60.7 Å². The van der Waals surface area contributed by atoms with Gasteiger partial charge < -0.3 is 34.6 Å². The number of rotatable bonds is 11. The lowest BCUT2D eigenvalue weighted by atomic mass is 9.92. The average molecular weight is 611 g/mol. The number of anilines is 2. The van der Waals surface area contributed by atoms with Gasteiger partial charge in [-0.05, 0) is 42.0 Å². The minimum absolute atomic E-state index is 0.141. The summed E-state index contributed by atoms with van der Waals surface area (Å²) >= 11 is 6.46. The summed E-state index contributed by atoms with van der Waals surface area (Å²) in [5.41, 5.74) is 2.03. The number of carbonyl (C=O) groups is 3. The number of fused-ring (bicyclic) bond motifs is 1. The summed E-state index contributed by atoms with van der Waals surface area (Å²) in [5, 5.41) is 22.3. The molecule has 0 bridgehead atoms. The summed E-state index contributed by atoms with van der Waals surface area (Å²) < 4.78 is 17.7. The van der Waals surface area contributed by atoms with E-state index >= 15 is 0 Å². The second kappa shape index (κ2) is 13.5. The molecule has 0 fully saturated rings. The molecule has 1 unspecified atom stereocenters. The van der Waals surface area contributed by atoms with Gasteiger partial charge in [0.25, 0.3) is 5.91 Å². The quantitative estimate of drug-likeness (QED) is 0.280. The van der Waals surface area contributed by atoms with Crippen LogP contribution in [-0.4, -0.2) is 61.5 Å². The zero-order valence-corrected chi connectivity index (χ0v) is 25.2. The normalized spacial score (nSPS) is 16.7. The molecule has 3 aromatic carbocycles. The summed E-state index contributed by atoms with van der Waals surface area (Å²) in [6, 6.07) is 16.9. The summed E-state index contributed by atoms with van der Waals surface area (Å²) in [6.45, 7) is 3.63. The number of methoxy groups -OCH3 is 2. The van der Waals surface area contributed by atoms with E-state index in [1.165, 1.54) is 19.1 Å². The van der Waals surface area contributed by atoms with Gasteiger partial charge in [0.15, 0.2) is 11.5 Å². The Balaban J connectivity index is 1.75. The molecule has 4 rings (SSSR count). The molecular weight excluding hydrogens is 576 g/mol. The van der Waals surface area contributed by atoms with Crippen molar-refractivity contribution in [3.05, 3.63) is 82.4 Å². The van der Waals surface area contributed by atoms with Crippen molar-refractivity contribution in [2.24, 2.45) is 5.41 Å². The molecule has 0 aliphatic carbocycles. The molecule has 2 atom stereocenters. The molecule has 10 nitrogen and oxygen atoms in total. The van der Waals surface area contributed by atoms with E-state index < -0.39 is 35.4 Å². The summed E-state index contributed by atoms with van der Waals surface area (Å²) in [4.78, 5) is 40.0. The van der Waals surface area contributed by atoms with Gasteiger partial charge in [0, 0.05) is 46.1 Å². The Kier molecular flexibility index (Phi) is 9.95. The number of nitrogens with one attached hydrogen (secondary N) is 1. The number of carboxylic acids is 1. The van der Waals surface area contributed by atoms with Crippen molar-refractivity contribution in [2.45, 2.75) is 38.9 Å². The number of carbonyl (C=O) groups excluding carboxylic acids is 2. The number of hydrogen-bond donors (Lipinski definition) is 3. The molecule has 11 heteroatoms. The van der Waals surface area contributed by atoms with Crippen LogP contribution in [0.2, 0.25) is 5.02 Å². The summed E-state index contributed by atoms with van der Waals surface area (Å²) in [6.07, 6.45) is -2.57. The van der Waals surface area contributed by atoms with E-state index in [1.807, 2.05) is 13.8 Å². The Bertz CT molecular complexity index is 1490. The van der Waals surface area contributed by atoms with Crippen molar-refractivity contribution in [1.29, 1.82) is 0 Å². The third-order valence-electron chi connectivity index (χ3n) is 7.10. The van der Waals surface area contributed by atoms with E-state index in [1.54, 1.807) is 60.7 Å². The van der Waals surface area contributed by atoms with Crippen LogP contribution in [0.4, 0.5) is 11.4 Å². The van der Waals surface area contributed by atoms with Crippen LogP contribution in [0.25, 0.3) is 0 Å². The number of halogens is 1. The molecule has 3 aromatic rings. The maximum Gasteiger partial charge on any atom is 0.307 e. The number of benzene rings is 3. The predicted octanol–water partition coefficient (Wildman–Crippen LogP) is 4.85. The van der Waals surface area contributed by atoms with Crippen LogP contribution in [0.1, 0.15) is 43.1 Å². The lowest BCUT2D eigenvalue weighted by Crippen LogP contribution is -2.46. The molecule has 228 valence electrons. The maximum atomic E-state index is 14.2. The molecule has 0 aromatic heterocycles. The van der Waals surface area contributed by atoms with E-state index in [0.29, 0.717) is 44.6 Å². The first-order valence-corrected chi connectivity index (χ1v) is 14.0. The first-order chi connectivity index (χ1) is 20.5. The minimum atomic E-state index is -1.23. The van der Waals surface area contributed by atoms with Gasteiger partial charge in [0.1, 0.15) is 12.2 Å². The Morgan fingerprint density at radius 1 is 1.05 bits per heavy atom. The second-order valence-corrected chi connectivity index (χ2v) is 11.5. The highest BCUT2D eigenvalue weighted by molar-refractivity contribution is 6.30. The minimum Gasteiger partial charge on any atom is -0.493 e. The third-order valence-corrected chi connectivity index (χ3v) is 7.33. The number of ether oxygens (including phenoxy) is 3. The molecule has 43 heavy (non-hydrogen) atoms. The first-order valence-electron chi connectivity index (χ1n) is 13.6. The molecule has 3 N–H and O–H groups in total. The molecule has 0 spiro atoms. The van der Waals surface area contributed by atoms with E-state index in [2.05, 4.69) is 5.32 Å². The fraction of sp³-hybridized carbons (Fsp3) is 0.344. The molecule has 0 saturated carbocycles. The molecule has 1 aliphatic heterocycles. The van der Waals surface area contributed by atoms with Gasteiger partial charge >= 0.3 is 5.97 Å². The Morgan fingerprint density at radius 2 is 1.77 bits per heavy atom. The van der Waals surface area contributed by atoms with Crippen molar-refractivity contribution in [3.8, 4) is 11.5 Å². The van der Waals surface area contributed by atoms with Crippen LogP contribution in [-0.2, 0) is 25.5 Å². The average Bonchev–Trinajstić information content (AvgIpc) is 3.07. The fourth-order valence-electron chi connectivity index (χ4n) is 4.97. The van der Waals surface area contributed by atoms with Gasteiger partial charge in [-0.2, -0.15) is 0 Å². The third kappa shape index (κ3) is 7.45. The Morgan fingerprint density at radius 3 is 2.40 bits per heavy atom. The number of hydrogen-bond acceptors (Lipinski definition) is 7. The number of carboxylic acid groups (broad SMARTS) is 1. The first kappa shape index (κ1) is 31.8. The fourth-order valence-corrected chi connectivity index (χ4v) is 5.15. The Labute approximate surface area is 255 Å². The van der Waals surface area contributed by atoms with Crippen molar-refractivity contribution in [3.63, 3.8) is 0 Å². The van der Waals surface area contributed by atoms with Crippen LogP contribution in [0.5, 0.6) is 11.5 Å². The highest BCUT2D eigenvalue weighted by Gasteiger charge is 2.40. The van der Waals surface area contributed by atoms with Gasteiger partial charge in [0.2, 0.25) is 5.91 Å². The highest BCUT2D eigenvalue weighted by atomic mass is 35.5. The molecular formula is C32H35ClN2O8. The zero-order chi connectivity index (χ0) is 31.3. The number of aliphatic hydroxyl groups is 1. The van der Waals surface area contributed by atoms with E-state index in [0.717, 1.165) is 0 Å². The topological polar surface area (TPSA) is 135 Å². The van der Waals surface area contributed by atoms with Gasteiger partial charge in [-0.1, -0.05) is 49.7 Å². The molecule has 0 saturated heterocycles. The maximum absolute atomic E-state index is 14.2. The molecule has 1 aliphatic rings. The Hall–Kier alpha value is -4.12. The van der Waals surface area contributed by atoms with Gasteiger partial charge in [0.05, 0.1) is 27.1 Å². The van der Waals surface area contributed by atoms with Crippen LogP contribution < -0.4 is 19.7 Å². The number of nitrogens with zero attached hydrogens (tertiary/aromatic N) is 1. The zero-order valence-electron chi connectivity index (χ0n) is 24.4. The molecule has 0 radical (unpaired) electrons. The van der Waals surface area contributed by atoms with Crippen LogP contribution in [0.3, 0.4) is 0 Å². The number of para-hydroxylation sites is 1. The van der Waals surface area contributed by atoms with Gasteiger partial charge in [-0.15, -0.1) is 0 Å². The van der Waals surface area contributed by atoms with Gasteiger partial charge in [-0.3, -0.25) is 14.4 Å². The lowest BCUT2D eigenvalue weighted by Gasteiger charge is -2.32. The standard InChI is InChI=1S/C32H35ClN2O8/c1-32(2,18-36)17-35-24-13-10-20(33)15-23(24)29(22-6-5-7-25(41-3)30(22)42-4)43-26(31(35)40)16-27(37)34-21-11-8-19(9-12-21)14-28(38)39/h5-13,15,26,29,36H,14,16-18H2,1-4H3,(H,34,37)(H,38,39)/t26?,29-/m1/s1. The number of amides is 2. The predicted molar refractivity (Wildman–Crippen MR) is 162 cm³/mol. The van der Waals surface area contributed by atoms with Crippen LogP contribution >= 0.6 is 11.6 Å². The largest absolute Gasteiger partial charge is 0.493 e. The van der Waals surface area contributed by atoms with E-state index in [9.17, 15) is 19.5 Å². The van der Waals surface area contributed by atoms with E-state index in [-0.39, 0.29) is 26.0 Å². The van der Waals surface area contributed by atoms with E-state index in [4.69, 9.17) is 30.9 Å². The van der Waals surface area contributed by atoms with Crippen molar-refractivity contribution >= 4 is 40.8 Å². The van der Waals surface area contributed by atoms with Crippen molar-refractivity contribution in [2.75, 3.05) is 37.6 Å². The monoisotopic (exact) mass is 610 g/mol. The summed E-state index contributed by atoms with van der Waals surface area (Å²) in [7, 11) is 3.02. The van der Waals surface area contributed by atoms with Crippen LogP contribution in [0, 0.1) is 5.41 Å². The van der Waals surface area contributed by atoms with Gasteiger partial charge in [-0.25, -0.2) is 0 Å². The number of aliphatic carboxylic acids is 1. The second-order valence-electron chi connectivity index (χ2n) is 11.1. The SMILES string of the molecule is COc1cccc([C@H]2OC(CC(=O)Nc3ccc(CC(=O)O)cc3)C(=O)N(CC(C)(C)CO)c3ccc(Cl)cc32)c1OC. The number of aliphatic hydroxyl groups excluding tert-OH is 1. The highest BCUT2D eigenvalue weighted by Crippen LogP contribution is 2.45. The lowest BCUT2D eigenvalue weighted by molar-refractivity contribution is -0.136. The molecule has 1 heterocycles. The van der Waals surface area contributed by atoms with Crippen molar-refractivity contribution < 1.29 is 38.8 Å². The smallest absolute Gasteiger partial charge is 0.307 e.